The summed E-state index contributed by atoms with van der Waals surface area (Å²) in [6.07, 6.45) is 5.10. The van der Waals surface area contributed by atoms with Crippen LogP contribution in [0.3, 0.4) is 0 Å². The minimum Gasteiger partial charge on any atom is -0.433 e. The Balaban J connectivity index is 1.51. The van der Waals surface area contributed by atoms with Gasteiger partial charge in [0.15, 0.2) is 0 Å². The predicted molar refractivity (Wildman–Crippen MR) is 124 cm³/mol. The lowest BCUT2D eigenvalue weighted by atomic mass is 9.80. The molecule has 1 aromatic heterocycles. The molecule has 3 aliphatic rings. The van der Waals surface area contributed by atoms with Crippen molar-refractivity contribution < 1.29 is 26.7 Å². The van der Waals surface area contributed by atoms with Crippen LogP contribution in [-0.4, -0.2) is 65.0 Å². The SMILES string of the molecule is CN1C(N)=N[C@](C)(C2C=NC(NC(=O)c3ccc(OC(F)F)cn3)=CS2)C2(CCCC2)S1(=O)=O. The number of aliphatic imine (C=N–C) groups is 2. The van der Waals surface area contributed by atoms with Crippen LogP contribution in [0.1, 0.15) is 43.1 Å². The van der Waals surface area contributed by atoms with Crippen molar-refractivity contribution in [3.05, 3.63) is 35.3 Å². The molecule has 10 nitrogen and oxygen atoms in total. The number of carbonyl (C=O) groups is 1. The monoisotopic (exact) mass is 514 g/mol. The Hall–Kier alpha value is -2.74. The minimum absolute atomic E-state index is 0.0134. The van der Waals surface area contributed by atoms with Crippen molar-refractivity contribution in [2.45, 2.75) is 54.8 Å². The third-order valence-electron chi connectivity index (χ3n) is 6.52. The molecule has 184 valence electrons. The number of sulfonamides is 1. The molecule has 0 aromatic carbocycles. The molecular weight excluding hydrogens is 490 g/mol. The second-order valence-electron chi connectivity index (χ2n) is 8.34. The number of nitrogens with zero attached hydrogens (tertiary/aromatic N) is 4. The van der Waals surface area contributed by atoms with Crippen LogP contribution in [0.15, 0.2) is 39.5 Å². The molecule has 1 unspecified atom stereocenters. The Morgan fingerprint density at radius 2 is 2.06 bits per heavy atom. The Labute approximate surface area is 199 Å². The first-order chi connectivity index (χ1) is 16.0. The van der Waals surface area contributed by atoms with E-state index in [2.05, 4.69) is 25.0 Å². The lowest BCUT2D eigenvalue weighted by Crippen LogP contribution is -2.68. The number of rotatable bonds is 5. The van der Waals surface area contributed by atoms with Crippen molar-refractivity contribution in [1.29, 1.82) is 0 Å². The normalized spacial score (nSPS) is 27.4. The zero-order valence-electron chi connectivity index (χ0n) is 18.4. The lowest BCUT2D eigenvalue weighted by molar-refractivity contribution is -0.0500. The fraction of sp³-hybridized carbons (Fsp3) is 0.500. The van der Waals surface area contributed by atoms with Crippen molar-refractivity contribution in [2.75, 3.05) is 7.05 Å². The maximum Gasteiger partial charge on any atom is 0.387 e. The number of ether oxygens (including phenoxy) is 1. The van der Waals surface area contributed by atoms with Crippen molar-refractivity contribution in [3.63, 3.8) is 0 Å². The van der Waals surface area contributed by atoms with E-state index >= 15 is 0 Å². The zero-order chi connectivity index (χ0) is 24.7. The van der Waals surface area contributed by atoms with Crippen molar-refractivity contribution in [1.82, 2.24) is 14.6 Å². The van der Waals surface area contributed by atoms with E-state index in [0.29, 0.717) is 12.8 Å². The number of carbonyl (C=O) groups excluding carboxylic acids is 1. The van der Waals surface area contributed by atoms with Crippen LogP contribution in [0, 0.1) is 0 Å². The van der Waals surface area contributed by atoms with Crippen LogP contribution in [0.25, 0.3) is 0 Å². The number of nitrogens with one attached hydrogen (secondary N) is 1. The molecule has 1 amide bonds. The number of guanidine groups is 1. The summed E-state index contributed by atoms with van der Waals surface area (Å²) in [5.74, 6) is -0.587. The summed E-state index contributed by atoms with van der Waals surface area (Å²) < 4.78 is 55.6. The number of nitrogens with two attached hydrogens (primary N) is 1. The van der Waals surface area contributed by atoms with Gasteiger partial charge in [0, 0.05) is 18.7 Å². The molecule has 1 saturated carbocycles. The first-order valence-corrected chi connectivity index (χ1v) is 12.8. The number of hydrogen-bond acceptors (Lipinski definition) is 9. The molecule has 1 aliphatic carbocycles. The fourth-order valence-corrected chi connectivity index (χ4v) is 8.10. The summed E-state index contributed by atoms with van der Waals surface area (Å²) in [5.41, 5.74) is 4.93. The second-order valence-corrected chi connectivity index (χ2v) is 11.6. The van der Waals surface area contributed by atoms with Crippen LogP contribution in [-0.2, 0) is 10.0 Å². The maximum absolute atomic E-state index is 13.4. The molecule has 1 fully saturated rings. The van der Waals surface area contributed by atoms with E-state index in [1.54, 1.807) is 18.5 Å². The third-order valence-corrected chi connectivity index (χ3v) is 10.5. The molecule has 1 aromatic rings. The third kappa shape index (κ3) is 3.91. The second kappa shape index (κ2) is 8.80. The fourth-order valence-electron chi connectivity index (χ4n) is 4.65. The lowest BCUT2D eigenvalue weighted by Gasteiger charge is -2.51. The van der Waals surface area contributed by atoms with Crippen LogP contribution < -0.4 is 15.8 Å². The van der Waals surface area contributed by atoms with Gasteiger partial charge in [-0.15, -0.1) is 11.8 Å². The van der Waals surface area contributed by atoms with Gasteiger partial charge in [-0.25, -0.2) is 27.7 Å². The highest BCUT2D eigenvalue weighted by molar-refractivity contribution is 8.03. The number of amides is 1. The van der Waals surface area contributed by atoms with Crippen LogP contribution >= 0.6 is 11.8 Å². The zero-order valence-corrected chi connectivity index (χ0v) is 20.1. The molecule has 3 heterocycles. The van der Waals surface area contributed by atoms with Gasteiger partial charge in [-0.3, -0.25) is 4.79 Å². The van der Waals surface area contributed by atoms with E-state index in [4.69, 9.17) is 5.73 Å². The van der Waals surface area contributed by atoms with E-state index < -0.39 is 38.1 Å². The van der Waals surface area contributed by atoms with Gasteiger partial charge in [0.25, 0.3) is 5.91 Å². The Morgan fingerprint density at radius 3 is 2.62 bits per heavy atom. The molecule has 0 saturated heterocycles. The van der Waals surface area contributed by atoms with E-state index in [1.807, 2.05) is 0 Å². The molecule has 1 spiro atoms. The van der Waals surface area contributed by atoms with Gasteiger partial charge in [0.2, 0.25) is 16.0 Å². The smallest absolute Gasteiger partial charge is 0.387 e. The van der Waals surface area contributed by atoms with Gasteiger partial charge in [0.1, 0.15) is 27.6 Å². The average Bonchev–Trinajstić information content (AvgIpc) is 3.30. The summed E-state index contributed by atoms with van der Waals surface area (Å²) in [4.78, 5) is 25.2. The van der Waals surface area contributed by atoms with Gasteiger partial charge in [-0.05, 0) is 31.9 Å². The average molecular weight is 515 g/mol. The quantitative estimate of drug-likeness (QED) is 0.613. The molecule has 3 N–H and O–H groups in total. The summed E-state index contributed by atoms with van der Waals surface area (Å²) in [6.45, 7) is -1.19. The Kier molecular flexibility index (Phi) is 6.31. The number of thioether (sulfide) groups is 1. The standard InChI is InChI=1S/C20H24F2N6O4S2/c1-19(20(7-3-4-8-20)34(30,31)28(2)18(23)27-19)14-10-25-15(11-33-14)26-16(29)13-6-5-12(9-24-13)32-17(21)22/h5-6,9-11,14,17H,3-4,7-8H2,1-2H3,(H2,23,27)(H,26,29)/t14?,19-/m1/s1. The summed E-state index contributed by atoms with van der Waals surface area (Å²) in [5, 5.41) is 3.77. The number of alkyl halides is 2. The first kappa shape index (κ1) is 24.4. The van der Waals surface area contributed by atoms with E-state index in [-0.39, 0.29) is 23.2 Å². The van der Waals surface area contributed by atoms with Crippen LogP contribution in [0.5, 0.6) is 5.75 Å². The van der Waals surface area contributed by atoms with Crippen molar-refractivity contribution in [3.8, 4) is 5.75 Å². The maximum atomic E-state index is 13.4. The predicted octanol–water partition coefficient (Wildman–Crippen LogP) is 2.06. The number of pyridine rings is 1. The van der Waals surface area contributed by atoms with E-state index in [0.717, 1.165) is 23.3 Å². The van der Waals surface area contributed by atoms with Gasteiger partial charge in [-0.2, -0.15) is 8.78 Å². The molecule has 0 bridgehead atoms. The summed E-state index contributed by atoms with van der Waals surface area (Å²) in [7, 11) is -2.32. The topological polar surface area (TPSA) is 139 Å². The van der Waals surface area contributed by atoms with Gasteiger partial charge in [-0.1, -0.05) is 12.8 Å². The molecule has 34 heavy (non-hydrogen) atoms. The van der Waals surface area contributed by atoms with Gasteiger partial charge >= 0.3 is 6.61 Å². The first-order valence-electron chi connectivity index (χ1n) is 10.5. The largest absolute Gasteiger partial charge is 0.433 e. The van der Waals surface area contributed by atoms with Crippen molar-refractivity contribution in [2.24, 2.45) is 15.7 Å². The minimum atomic E-state index is -3.74. The van der Waals surface area contributed by atoms with Gasteiger partial charge < -0.3 is 15.8 Å². The highest BCUT2D eigenvalue weighted by Gasteiger charge is 2.65. The molecule has 14 heteroatoms. The highest BCUT2D eigenvalue weighted by Crippen LogP contribution is 2.53. The van der Waals surface area contributed by atoms with E-state index in [1.165, 1.54) is 30.9 Å². The molecule has 4 rings (SSSR count). The Bertz CT molecular complexity index is 1170. The van der Waals surface area contributed by atoms with Crippen molar-refractivity contribution >= 4 is 39.9 Å². The van der Waals surface area contributed by atoms with Crippen LogP contribution in [0.4, 0.5) is 8.78 Å². The molecular formula is C20H24F2N6O4S2. The van der Waals surface area contributed by atoms with Crippen LogP contribution in [0.2, 0.25) is 0 Å². The summed E-state index contributed by atoms with van der Waals surface area (Å²) >= 11 is 1.29. The molecule has 2 aliphatic heterocycles. The molecule has 0 radical (unpaired) electrons. The number of halogens is 2. The number of hydrogen-bond donors (Lipinski definition) is 2. The summed E-state index contributed by atoms with van der Waals surface area (Å²) in [6, 6.07) is 2.46. The highest BCUT2D eigenvalue weighted by atomic mass is 32.2. The van der Waals surface area contributed by atoms with Gasteiger partial charge in [0.05, 0.1) is 11.4 Å². The molecule has 2 atom stereocenters. The van der Waals surface area contributed by atoms with E-state index in [9.17, 15) is 22.0 Å². The Morgan fingerprint density at radius 1 is 1.35 bits per heavy atom. The number of aromatic nitrogens is 1.